The van der Waals surface area contributed by atoms with E-state index in [-0.39, 0.29) is 5.82 Å². The van der Waals surface area contributed by atoms with Crippen LogP contribution in [-0.4, -0.2) is 7.11 Å². The average molecular weight is 365 g/mol. The average Bonchev–Trinajstić information content (AvgIpc) is 2.69. The SMILES string of the molecule is COc1cc(CNc2cccc(C)c2C)ccc1OCc1ccc(F)cc1. The summed E-state index contributed by atoms with van der Waals surface area (Å²) in [5, 5.41) is 3.47. The summed E-state index contributed by atoms with van der Waals surface area (Å²) in [6.07, 6.45) is 0. The first-order valence-electron chi connectivity index (χ1n) is 8.91. The van der Waals surface area contributed by atoms with Crippen molar-refractivity contribution >= 4 is 5.69 Å². The second kappa shape index (κ2) is 8.58. The fourth-order valence-corrected chi connectivity index (χ4v) is 2.82. The normalized spacial score (nSPS) is 10.5. The highest BCUT2D eigenvalue weighted by Gasteiger charge is 2.07. The Morgan fingerprint density at radius 2 is 1.63 bits per heavy atom. The van der Waals surface area contributed by atoms with Crippen LogP contribution in [-0.2, 0) is 13.2 Å². The number of methoxy groups -OCH3 is 1. The zero-order chi connectivity index (χ0) is 19.2. The number of anilines is 1. The van der Waals surface area contributed by atoms with Gasteiger partial charge in [-0.1, -0.05) is 30.3 Å². The van der Waals surface area contributed by atoms with Crippen LogP contribution in [0.25, 0.3) is 0 Å². The van der Waals surface area contributed by atoms with Crippen LogP contribution in [0, 0.1) is 19.7 Å². The van der Waals surface area contributed by atoms with E-state index in [2.05, 4.69) is 37.4 Å². The molecule has 0 saturated carbocycles. The van der Waals surface area contributed by atoms with E-state index in [4.69, 9.17) is 9.47 Å². The summed E-state index contributed by atoms with van der Waals surface area (Å²) in [4.78, 5) is 0. The molecule has 0 aliphatic heterocycles. The molecule has 140 valence electrons. The van der Waals surface area contributed by atoms with E-state index in [1.807, 2.05) is 18.2 Å². The molecule has 27 heavy (non-hydrogen) atoms. The molecule has 0 atom stereocenters. The molecule has 0 radical (unpaired) electrons. The van der Waals surface area contributed by atoms with E-state index in [0.29, 0.717) is 24.7 Å². The molecule has 0 unspecified atom stereocenters. The van der Waals surface area contributed by atoms with Crippen molar-refractivity contribution < 1.29 is 13.9 Å². The smallest absolute Gasteiger partial charge is 0.161 e. The van der Waals surface area contributed by atoms with Crippen LogP contribution in [0.15, 0.2) is 60.7 Å². The van der Waals surface area contributed by atoms with Gasteiger partial charge in [0.05, 0.1) is 7.11 Å². The first-order valence-corrected chi connectivity index (χ1v) is 8.91. The molecule has 0 heterocycles. The molecule has 3 rings (SSSR count). The molecule has 1 N–H and O–H groups in total. The number of rotatable bonds is 7. The van der Waals surface area contributed by atoms with Crippen LogP contribution in [0.2, 0.25) is 0 Å². The highest BCUT2D eigenvalue weighted by molar-refractivity contribution is 5.54. The fraction of sp³-hybridized carbons (Fsp3) is 0.217. The minimum absolute atomic E-state index is 0.253. The Hall–Kier alpha value is -3.01. The lowest BCUT2D eigenvalue weighted by Crippen LogP contribution is -2.03. The van der Waals surface area contributed by atoms with E-state index in [1.165, 1.54) is 23.3 Å². The van der Waals surface area contributed by atoms with E-state index in [1.54, 1.807) is 19.2 Å². The molecular weight excluding hydrogens is 341 g/mol. The summed E-state index contributed by atoms with van der Waals surface area (Å²) in [6.45, 7) is 5.27. The maximum atomic E-state index is 13.0. The quantitative estimate of drug-likeness (QED) is 0.587. The van der Waals surface area contributed by atoms with Gasteiger partial charge in [-0.2, -0.15) is 0 Å². The number of benzene rings is 3. The zero-order valence-electron chi connectivity index (χ0n) is 15.9. The highest BCUT2D eigenvalue weighted by atomic mass is 19.1. The monoisotopic (exact) mass is 365 g/mol. The topological polar surface area (TPSA) is 30.5 Å². The molecule has 3 aromatic carbocycles. The van der Waals surface area contributed by atoms with Crippen molar-refractivity contribution in [2.24, 2.45) is 0 Å². The lowest BCUT2D eigenvalue weighted by atomic mass is 10.1. The van der Waals surface area contributed by atoms with Crippen LogP contribution < -0.4 is 14.8 Å². The molecule has 3 aromatic rings. The lowest BCUT2D eigenvalue weighted by molar-refractivity contribution is 0.284. The first-order chi connectivity index (χ1) is 13.1. The van der Waals surface area contributed by atoms with E-state index >= 15 is 0 Å². The number of nitrogens with one attached hydrogen (secondary N) is 1. The van der Waals surface area contributed by atoms with Crippen molar-refractivity contribution in [3.05, 3.63) is 88.7 Å². The van der Waals surface area contributed by atoms with E-state index in [0.717, 1.165) is 16.8 Å². The van der Waals surface area contributed by atoms with Gasteiger partial charge in [0.15, 0.2) is 11.5 Å². The number of hydrogen-bond acceptors (Lipinski definition) is 3. The Balaban J connectivity index is 1.66. The van der Waals surface area contributed by atoms with Crippen molar-refractivity contribution in [1.82, 2.24) is 0 Å². The van der Waals surface area contributed by atoms with Crippen LogP contribution in [0.4, 0.5) is 10.1 Å². The molecule has 0 aliphatic carbocycles. The highest BCUT2D eigenvalue weighted by Crippen LogP contribution is 2.29. The van der Waals surface area contributed by atoms with Gasteiger partial charge in [0.25, 0.3) is 0 Å². The summed E-state index contributed by atoms with van der Waals surface area (Å²) in [5.41, 5.74) is 5.65. The van der Waals surface area contributed by atoms with Crippen LogP contribution in [0.3, 0.4) is 0 Å². The Labute approximate surface area is 159 Å². The van der Waals surface area contributed by atoms with Gasteiger partial charge in [-0.25, -0.2) is 4.39 Å². The molecule has 0 fully saturated rings. The molecule has 0 bridgehead atoms. The molecule has 0 saturated heterocycles. The number of hydrogen-bond donors (Lipinski definition) is 1. The predicted octanol–water partition coefficient (Wildman–Crippen LogP) is 5.64. The summed E-state index contributed by atoms with van der Waals surface area (Å²) < 4.78 is 24.3. The Morgan fingerprint density at radius 3 is 2.37 bits per heavy atom. The minimum Gasteiger partial charge on any atom is -0.493 e. The Morgan fingerprint density at radius 1 is 0.889 bits per heavy atom. The third-order valence-electron chi connectivity index (χ3n) is 4.62. The van der Waals surface area contributed by atoms with Gasteiger partial charge in [-0.05, 0) is 66.4 Å². The van der Waals surface area contributed by atoms with Crippen LogP contribution in [0.1, 0.15) is 22.3 Å². The Kier molecular flexibility index (Phi) is 5.97. The largest absolute Gasteiger partial charge is 0.493 e. The van der Waals surface area contributed by atoms with Gasteiger partial charge in [-0.15, -0.1) is 0 Å². The Bertz CT molecular complexity index is 907. The van der Waals surface area contributed by atoms with Gasteiger partial charge in [-0.3, -0.25) is 0 Å². The van der Waals surface area contributed by atoms with Crippen molar-refractivity contribution in [1.29, 1.82) is 0 Å². The second-order valence-corrected chi connectivity index (χ2v) is 6.50. The molecule has 0 aromatic heterocycles. The maximum absolute atomic E-state index is 13.0. The molecule has 0 aliphatic rings. The second-order valence-electron chi connectivity index (χ2n) is 6.50. The van der Waals surface area contributed by atoms with Gasteiger partial charge < -0.3 is 14.8 Å². The van der Waals surface area contributed by atoms with Crippen molar-refractivity contribution in [2.75, 3.05) is 12.4 Å². The number of halogens is 1. The standard InChI is InChI=1S/C23H24FNO2/c1-16-5-4-6-21(17(16)2)25-14-19-9-12-22(23(13-19)26-3)27-15-18-7-10-20(24)11-8-18/h4-13,25H,14-15H2,1-3H3. The molecule has 0 amide bonds. The fourth-order valence-electron chi connectivity index (χ4n) is 2.82. The van der Waals surface area contributed by atoms with Crippen molar-refractivity contribution in [3.8, 4) is 11.5 Å². The molecular formula is C23H24FNO2. The van der Waals surface area contributed by atoms with Gasteiger partial charge in [0.1, 0.15) is 12.4 Å². The lowest BCUT2D eigenvalue weighted by Gasteiger charge is -2.14. The summed E-state index contributed by atoms with van der Waals surface area (Å²) in [5.74, 6) is 1.09. The molecule has 3 nitrogen and oxygen atoms in total. The van der Waals surface area contributed by atoms with Crippen molar-refractivity contribution in [3.63, 3.8) is 0 Å². The van der Waals surface area contributed by atoms with Gasteiger partial charge >= 0.3 is 0 Å². The number of aryl methyl sites for hydroxylation is 1. The first kappa shape index (κ1) is 18.8. The third kappa shape index (κ3) is 4.79. The van der Waals surface area contributed by atoms with Gasteiger partial charge in [0, 0.05) is 12.2 Å². The molecule has 0 spiro atoms. The van der Waals surface area contributed by atoms with Gasteiger partial charge in [0.2, 0.25) is 0 Å². The maximum Gasteiger partial charge on any atom is 0.161 e. The van der Waals surface area contributed by atoms with E-state index in [9.17, 15) is 4.39 Å². The third-order valence-corrected chi connectivity index (χ3v) is 4.62. The summed E-state index contributed by atoms with van der Waals surface area (Å²) in [7, 11) is 1.63. The van der Waals surface area contributed by atoms with Crippen LogP contribution in [0.5, 0.6) is 11.5 Å². The van der Waals surface area contributed by atoms with E-state index < -0.39 is 0 Å². The van der Waals surface area contributed by atoms with Crippen LogP contribution >= 0.6 is 0 Å². The number of ether oxygens (including phenoxy) is 2. The summed E-state index contributed by atoms with van der Waals surface area (Å²) in [6, 6.07) is 18.4. The zero-order valence-corrected chi connectivity index (χ0v) is 15.9. The predicted molar refractivity (Wildman–Crippen MR) is 107 cm³/mol. The van der Waals surface area contributed by atoms with Crippen molar-refractivity contribution in [2.45, 2.75) is 27.0 Å². The summed E-state index contributed by atoms with van der Waals surface area (Å²) >= 11 is 0. The minimum atomic E-state index is -0.253. The molecule has 4 heteroatoms.